The molecular formula is C17H24F2N2O2. The molecule has 1 N–H and O–H groups in total. The van der Waals surface area contributed by atoms with Gasteiger partial charge in [-0.1, -0.05) is 0 Å². The van der Waals surface area contributed by atoms with Crippen LogP contribution in [0.1, 0.15) is 39.7 Å². The third kappa shape index (κ3) is 4.56. The first-order chi connectivity index (χ1) is 10.7. The monoisotopic (exact) mass is 326 g/mol. The Hall–Kier alpha value is -1.85. The second kappa shape index (κ2) is 6.72. The van der Waals surface area contributed by atoms with Gasteiger partial charge in [0.1, 0.15) is 11.8 Å². The Morgan fingerprint density at radius 1 is 1.35 bits per heavy atom. The van der Waals surface area contributed by atoms with E-state index in [0.29, 0.717) is 0 Å². The van der Waals surface area contributed by atoms with Crippen molar-refractivity contribution in [3.05, 3.63) is 23.8 Å². The van der Waals surface area contributed by atoms with Gasteiger partial charge in [-0.15, -0.1) is 0 Å². The van der Waals surface area contributed by atoms with E-state index in [0.717, 1.165) is 30.6 Å². The van der Waals surface area contributed by atoms with Crippen molar-refractivity contribution in [1.29, 1.82) is 0 Å². The van der Waals surface area contributed by atoms with E-state index in [9.17, 15) is 13.6 Å². The fourth-order valence-electron chi connectivity index (χ4n) is 2.80. The predicted octanol–water partition coefficient (Wildman–Crippen LogP) is 3.34. The van der Waals surface area contributed by atoms with Crippen LogP contribution in [-0.4, -0.2) is 30.6 Å². The van der Waals surface area contributed by atoms with Crippen molar-refractivity contribution in [2.75, 3.05) is 11.4 Å². The molecule has 2 rings (SSSR count). The zero-order chi connectivity index (χ0) is 17.2. The highest BCUT2D eigenvalue weighted by Gasteiger charge is 2.28. The first kappa shape index (κ1) is 17.5. The highest BCUT2D eigenvalue weighted by atomic mass is 19.3. The molecule has 0 saturated carbocycles. The van der Waals surface area contributed by atoms with Gasteiger partial charge in [0.25, 0.3) is 0 Å². The van der Waals surface area contributed by atoms with Crippen LogP contribution in [0.3, 0.4) is 0 Å². The van der Waals surface area contributed by atoms with Gasteiger partial charge in [0, 0.05) is 17.8 Å². The Morgan fingerprint density at radius 3 is 2.65 bits per heavy atom. The molecular weight excluding hydrogens is 302 g/mol. The van der Waals surface area contributed by atoms with E-state index in [4.69, 9.17) is 0 Å². The Balaban J connectivity index is 2.19. The van der Waals surface area contributed by atoms with Crippen LogP contribution < -0.4 is 15.0 Å². The minimum atomic E-state index is -2.83. The Labute approximate surface area is 135 Å². The number of benzene rings is 1. The molecule has 23 heavy (non-hydrogen) atoms. The molecule has 0 bridgehead atoms. The van der Waals surface area contributed by atoms with E-state index in [2.05, 4.69) is 10.1 Å². The highest BCUT2D eigenvalue weighted by Crippen LogP contribution is 2.32. The van der Waals surface area contributed by atoms with E-state index in [1.807, 2.05) is 32.6 Å². The number of carbonyl (C=O) groups excluding carboxylic acids is 1. The number of alkyl halides is 2. The van der Waals surface area contributed by atoms with Crippen molar-refractivity contribution in [3.63, 3.8) is 0 Å². The molecule has 1 heterocycles. The van der Waals surface area contributed by atoms with Crippen molar-refractivity contribution in [1.82, 2.24) is 5.32 Å². The number of nitrogens with one attached hydrogen (secondary N) is 1. The molecule has 1 atom stereocenters. The molecule has 1 aliphatic heterocycles. The lowest BCUT2D eigenvalue weighted by Crippen LogP contribution is -2.52. The number of hydrogen-bond acceptors (Lipinski definition) is 3. The van der Waals surface area contributed by atoms with Crippen molar-refractivity contribution in [2.24, 2.45) is 0 Å². The van der Waals surface area contributed by atoms with Crippen molar-refractivity contribution in [2.45, 2.75) is 58.7 Å². The van der Waals surface area contributed by atoms with Gasteiger partial charge < -0.3 is 15.0 Å². The van der Waals surface area contributed by atoms with Gasteiger partial charge in [-0.3, -0.25) is 4.79 Å². The Kier molecular flexibility index (Phi) is 5.12. The van der Waals surface area contributed by atoms with Crippen LogP contribution in [-0.2, 0) is 11.2 Å². The molecule has 1 amide bonds. The minimum Gasteiger partial charge on any atom is -0.435 e. The summed E-state index contributed by atoms with van der Waals surface area (Å²) in [4.78, 5) is 14.4. The second-order valence-corrected chi connectivity index (χ2v) is 6.88. The summed E-state index contributed by atoms with van der Waals surface area (Å²) >= 11 is 0. The van der Waals surface area contributed by atoms with Gasteiger partial charge in [0.15, 0.2) is 0 Å². The number of anilines is 1. The van der Waals surface area contributed by atoms with Gasteiger partial charge in [-0.2, -0.15) is 8.78 Å². The third-order valence-electron chi connectivity index (χ3n) is 3.78. The molecule has 0 aromatic heterocycles. The SMILES string of the molecule is C[C@@H](C(=O)NC(C)(C)C)N1CCCc2cc(OC(F)F)ccc21. The summed E-state index contributed by atoms with van der Waals surface area (Å²) in [6, 6.07) is 4.60. The molecule has 0 unspecified atom stereocenters. The van der Waals surface area contributed by atoms with Gasteiger partial charge >= 0.3 is 6.61 Å². The summed E-state index contributed by atoms with van der Waals surface area (Å²) in [7, 11) is 0. The number of fused-ring (bicyclic) bond motifs is 1. The lowest BCUT2D eigenvalue weighted by Gasteiger charge is -2.37. The van der Waals surface area contributed by atoms with Crippen LogP contribution in [0.5, 0.6) is 5.75 Å². The fourth-order valence-corrected chi connectivity index (χ4v) is 2.80. The van der Waals surface area contributed by atoms with E-state index >= 15 is 0 Å². The molecule has 6 heteroatoms. The predicted molar refractivity (Wildman–Crippen MR) is 86.1 cm³/mol. The first-order valence-electron chi connectivity index (χ1n) is 7.84. The molecule has 0 aliphatic carbocycles. The number of rotatable bonds is 4. The van der Waals surface area contributed by atoms with Crippen LogP contribution in [0.4, 0.5) is 14.5 Å². The molecule has 1 aliphatic rings. The summed E-state index contributed by atoms with van der Waals surface area (Å²) in [5, 5.41) is 2.98. The van der Waals surface area contributed by atoms with E-state index in [1.54, 1.807) is 12.1 Å². The summed E-state index contributed by atoms with van der Waals surface area (Å²) in [6.45, 7) is 5.62. The maximum atomic E-state index is 12.4. The van der Waals surface area contributed by atoms with E-state index in [1.165, 1.54) is 6.07 Å². The Morgan fingerprint density at radius 2 is 2.04 bits per heavy atom. The van der Waals surface area contributed by atoms with Crippen LogP contribution in [0.25, 0.3) is 0 Å². The first-order valence-corrected chi connectivity index (χ1v) is 7.84. The number of halogens is 2. The number of nitrogens with zero attached hydrogens (tertiary/aromatic N) is 1. The molecule has 0 radical (unpaired) electrons. The standard InChI is InChI=1S/C17H24F2N2O2/c1-11(15(22)20-17(2,3)4)21-9-5-6-12-10-13(23-16(18)19)7-8-14(12)21/h7-8,10-11,16H,5-6,9H2,1-4H3,(H,20,22)/t11-/m0/s1. The van der Waals surface area contributed by atoms with Crippen molar-refractivity contribution < 1.29 is 18.3 Å². The lowest BCUT2D eigenvalue weighted by atomic mass is 9.99. The zero-order valence-corrected chi connectivity index (χ0v) is 14.0. The van der Waals surface area contributed by atoms with Gasteiger partial charge in [0.05, 0.1) is 0 Å². The van der Waals surface area contributed by atoms with E-state index < -0.39 is 6.61 Å². The maximum absolute atomic E-state index is 12.4. The van der Waals surface area contributed by atoms with Gasteiger partial charge in [-0.05, 0) is 64.3 Å². The molecule has 1 aromatic carbocycles. The van der Waals surface area contributed by atoms with Gasteiger partial charge in [-0.25, -0.2) is 0 Å². The molecule has 4 nitrogen and oxygen atoms in total. The third-order valence-corrected chi connectivity index (χ3v) is 3.78. The van der Waals surface area contributed by atoms with Crippen LogP contribution in [0.15, 0.2) is 18.2 Å². The smallest absolute Gasteiger partial charge is 0.387 e. The average molecular weight is 326 g/mol. The number of carbonyl (C=O) groups is 1. The normalized spacial score (nSPS) is 16.0. The average Bonchev–Trinajstić information content (AvgIpc) is 2.43. The maximum Gasteiger partial charge on any atom is 0.387 e. The summed E-state index contributed by atoms with van der Waals surface area (Å²) in [5.74, 6) is 0.116. The van der Waals surface area contributed by atoms with Crippen LogP contribution in [0, 0.1) is 0 Å². The summed E-state index contributed by atoms with van der Waals surface area (Å²) in [5.41, 5.74) is 1.55. The number of amides is 1. The fraction of sp³-hybridized carbons (Fsp3) is 0.588. The molecule has 0 spiro atoms. The quantitative estimate of drug-likeness (QED) is 0.923. The highest BCUT2D eigenvalue weighted by molar-refractivity contribution is 5.86. The van der Waals surface area contributed by atoms with Crippen LogP contribution >= 0.6 is 0 Å². The number of ether oxygens (including phenoxy) is 1. The topological polar surface area (TPSA) is 41.6 Å². The van der Waals surface area contributed by atoms with Crippen LogP contribution in [0.2, 0.25) is 0 Å². The zero-order valence-electron chi connectivity index (χ0n) is 14.0. The summed E-state index contributed by atoms with van der Waals surface area (Å²) < 4.78 is 29.1. The number of aryl methyl sites for hydroxylation is 1. The molecule has 128 valence electrons. The van der Waals surface area contributed by atoms with Gasteiger partial charge in [0.2, 0.25) is 5.91 Å². The second-order valence-electron chi connectivity index (χ2n) is 6.88. The minimum absolute atomic E-state index is 0.0433. The van der Waals surface area contributed by atoms with Crippen molar-refractivity contribution >= 4 is 11.6 Å². The molecule has 0 fully saturated rings. The largest absolute Gasteiger partial charge is 0.435 e. The van der Waals surface area contributed by atoms with Crippen molar-refractivity contribution in [3.8, 4) is 5.75 Å². The lowest BCUT2D eigenvalue weighted by molar-refractivity contribution is -0.123. The Bertz CT molecular complexity index is 570. The number of hydrogen-bond donors (Lipinski definition) is 1. The molecule has 1 aromatic rings. The van der Waals surface area contributed by atoms with E-state index in [-0.39, 0.29) is 23.2 Å². The summed E-state index contributed by atoms with van der Waals surface area (Å²) in [6.07, 6.45) is 1.66. The molecule has 0 saturated heterocycles.